The third-order valence-corrected chi connectivity index (χ3v) is 5.04. The first kappa shape index (κ1) is 17.6. The van der Waals surface area contributed by atoms with E-state index in [4.69, 9.17) is 21.0 Å². The molecule has 142 valence electrons. The number of benzene rings is 1. The monoisotopic (exact) mass is 403 g/mol. The van der Waals surface area contributed by atoms with Gasteiger partial charge in [-0.3, -0.25) is 10.3 Å². The van der Waals surface area contributed by atoms with Crippen molar-refractivity contribution in [2.45, 2.75) is 12.5 Å². The minimum absolute atomic E-state index is 0.0628. The van der Waals surface area contributed by atoms with Gasteiger partial charge < -0.3 is 4.42 Å². The van der Waals surface area contributed by atoms with Crippen molar-refractivity contribution in [3.05, 3.63) is 84.2 Å². The molecule has 4 aromatic rings. The van der Waals surface area contributed by atoms with Crippen LogP contribution in [0.15, 0.2) is 77.8 Å². The van der Waals surface area contributed by atoms with Gasteiger partial charge in [0.2, 0.25) is 6.04 Å². The predicted octanol–water partition coefficient (Wildman–Crippen LogP) is 4.02. The Morgan fingerprint density at radius 3 is 2.72 bits per heavy atom. The number of pyridine rings is 1. The van der Waals surface area contributed by atoms with Gasteiger partial charge in [-0.2, -0.15) is 4.57 Å². The molecule has 29 heavy (non-hydrogen) atoms. The lowest BCUT2D eigenvalue weighted by Crippen LogP contribution is -2.43. The van der Waals surface area contributed by atoms with Gasteiger partial charge in [0.15, 0.2) is 5.69 Å². The van der Waals surface area contributed by atoms with Crippen molar-refractivity contribution >= 4 is 23.3 Å². The summed E-state index contributed by atoms with van der Waals surface area (Å²) in [5.41, 5.74) is 2.97. The molecule has 0 saturated carbocycles. The minimum atomic E-state index is -0.445. The summed E-state index contributed by atoms with van der Waals surface area (Å²) in [6.07, 6.45) is 7.08. The minimum Gasteiger partial charge on any atom is -0.469 e. The Hall–Kier alpha value is -3.51. The van der Waals surface area contributed by atoms with E-state index in [1.807, 2.05) is 42.5 Å². The fourth-order valence-electron chi connectivity index (χ4n) is 3.47. The molecule has 1 aliphatic heterocycles. The van der Waals surface area contributed by atoms with Crippen molar-refractivity contribution in [3.63, 3.8) is 0 Å². The molecule has 0 aliphatic carbocycles. The molecule has 0 spiro atoms. The molecule has 0 saturated heterocycles. The highest BCUT2D eigenvalue weighted by Crippen LogP contribution is 2.30. The third-order valence-electron chi connectivity index (χ3n) is 4.83. The van der Waals surface area contributed by atoms with Gasteiger partial charge in [-0.05, 0) is 18.2 Å². The first-order valence-corrected chi connectivity index (χ1v) is 9.53. The molecule has 0 fully saturated rings. The van der Waals surface area contributed by atoms with Crippen LogP contribution in [0, 0.1) is 0 Å². The van der Waals surface area contributed by atoms with Crippen LogP contribution in [-0.2, 0) is 6.42 Å². The van der Waals surface area contributed by atoms with Gasteiger partial charge in [-0.15, -0.1) is 0 Å². The summed E-state index contributed by atoms with van der Waals surface area (Å²) < 4.78 is 7.05. The molecule has 1 atom stereocenters. The molecule has 4 heterocycles. The second-order valence-corrected chi connectivity index (χ2v) is 7.21. The fraction of sp³-hybridized carbons (Fsp3) is 0.0909. The number of carbonyl (C=O) groups excluding carboxylic acids is 1. The van der Waals surface area contributed by atoms with Gasteiger partial charge in [0, 0.05) is 23.5 Å². The van der Waals surface area contributed by atoms with Crippen molar-refractivity contribution in [1.29, 1.82) is 0 Å². The first-order valence-electron chi connectivity index (χ1n) is 9.15. The second-order valence-electron chi connectivity index (χ2n) is 6.77. The van der Waals surface area contributed by atoms with Gasteiger partial charge in [0.05, 0.1) is 17.7 Å². The summed E-state index contributed by atoms with van der Waals surface area (Å²) in [6.45, 7) is 0. The maximum atomic E-state index is 13.1. The van der Waals surface area contributed by atoms with E-state index in [1.165, 1.54) is 0 Å². The molecular formula is C22H16ClN4O2+. The predicted molar refractivity (Wildman–Crippen MR) is 109 cm³/mol. The van der Waals surface area contributed by atoms with E-state index < -0.39 is 6.04 Å². The molecule has 5 rings (SSSR count). The Morgan fingerprint density at radius 2 is 1.97 bits per heavy atom. The highest BCUT2D eigenvalue weighted by molar-refractivity contribution is 6.30. The fourth-order valence-corrected chi connectivity index (χ4v) is 3.64. The average molecular weight is 404 g/mol. The number of fused-ring (bicyclic) bond motifs is 1. The van der Waals surface area contributed by atoms with Crippen LogP contribution in [0.2, 0.25) is 5.02 Å². The van der Waals surface area contributed by atoms with E-state index >= 15 is 0 Å². The van der Waals surface area contributed by atoms with Gasteiger partial charge in [-0.1, -0.05) is 41.9 Å². The van der Waals surface area contributed by atoms with Gasteiger partial charge in [-0.25, -0.2) is 9.78 Å². The number of hydrogen-bond acceptors (Lipinski definition) is 5. The molecule has 0 amide bonds. The van der Waals surface area contributed by atoms with Crippen molar-refractivity contribution in [1.82, 2.24) is 9.97 Å². The van der Waals surface area contributed by atoms with E-state index in [9.17, 15) is 4.79 Å². The van der Waals surface area contributed by atoms with E-state index in [2.05, 4.69) is 10.3 Å². The van der Waals surface area contributed by atoms with Crippen molar-refractivity contribution in [2.24, 2.45) is 0 Å². The zero-order valence-corrected chi connectivity index (χ0v) is 16.0. The summed E-state index contributed by atoms with van der Waals surface area (Å²) in [5.74, 6) is 1.30. The number of aromatic nitrogens is 3. The standard InChI is InChI=1S/C22H15ClN4O2/c23-16-9-15(11-24-12-16)20-21-26-18(10-17-7-4-8-29-17)22(28)27(21)13-19(25-20)14-5-2-1-3-6-14/h1-9,11-13,18H,10H2/p+1. The Balaban J connectivity index is 1.64. The van der Waals surface area contributed by atoms with E-state index in [0.717, 1.165) is 16.9 Å². The smallest absolute Gasteiger partial charge is 0.359 e. The Labute approximate surface area is 171 Å². The SMILES string of the molecule is O=C1C(Cc2ccco2)Nc2c(-c3cncc(Cl)c3)nc(-c3ccccc3)c[n+]21. The molecular weight excluding hydrogens is 388 g/mol. The lowest BCUT2D eigenvalue weighted by molar-refractivity contribution is -0.551. The maximum absolute atomic E-state index is 13.1. The summed E-state index contributed by atoms with van der Waals surface area (Å²) in [4.78, 5) is 22.2. The highest BCUT2D eigenvalue weighted by atomic mass is 35.5. The van der Waals surface area contributed by atoms with Crippen LogP contribution < -0.4 is 9.88 Å². The van der Waals surface area contributed by atoms with Crippen LogP contribution >= 0.6 is 11.6 Å². The number of carbonyl (C=O) groups is 1. The van der Waals surface area contributed by atoms with Crippen LogP contribution in [0.1, 0.15) is 10.6 Å². The summed E-state index contributed by atoms with van der Waals surface area (Å²) in [5, 5.41) is 3.81. The normalized spacial score (nSPS) is 15.2. The number of hydrogen-bond donors (Lipinski definition) is 1. The molecule has 6 nitrogen and oxygen atoms in total. The van der Waals surface area contributed by atoms with E-state index in [1.54, 1.807) is 35.5 Å². The van der Waals surface area contributed by atoms with Crippen LogP contribution in [-0.4, -0.2) is 21.9 Å². The summed E-state index contributed by atoms with van der Waals surface area (Å²) in [6, 6.07) is 14.8. The van der Waals surface area contributed by atoms with E-state index in [0.29, 0.717) is 28.6 Å². The molecule has 1 aromatic carbocycles. The maximum Gasteiger partial charge on any atom is 0.359 e. The van der Waals surface area contributed by atoms with Gasteiger partial charge >= 0.3 is 11.7 Å². The lowest BCUT2D eigenvalue weighted by atomic mass is 10.1. The summed E-state index contributed by atoms with van der Waals surface area (Å²) in [7, 11) is 0. The number of nitrogens with zero attached hydrogens (tertiary/aromatic N) is 3. The number of anilines is 1. The molecule has 0 bridgehead atoms. The largest absolute Gasteiger partial charge is 0.469 e. The van der Waals surface area contributed by atoms with Crippen LogP contribution in [0.3, 0.4) is 0 Å². The molecule has 1 unspecified atom stereocenters. The number of nitrogens with one attached hydrogen (secondary N) is 1. The third kappa shape index (κ3) is 3.28. The molecule has 3 aromatic heterocycles. The van der Waals surface area contributed by atoms with Crippen molar-refractivity contribution in [2.75, 3.05) is 5.32 Å². The average Bonchev–Trinajstić information content (AvgIpc) is 3.37. The van der Waals surface area contributed by atoms with Crippen molar-refractivity contribution < 1.29 is 13.8 Å². The van der Waals surface area contributed by atoms with Gasteiger partial charge in [0.25, 0.3) is 0 Å². The topological polar surface area (TPSA) is 71.9 Å². The Kier molecular flexibility index (Phi) is 4.33. The van der Waals surface area contributed by atoms with Crippen molar-refractivity contribution in [3.8, 4) is 22.5 Å². The highest BCUT2D eigenvalue weighted by Gasteiger charge is 2.42. The Morgan fingerprint density at radius 1 is 1.10 bits per heavy atom. The quantitative estimate of drug-likeness (QED) is 0.521. The zero-order chi connectivity index (χ0) is 19.8. The van der Waals surface area contributed by atoms with Crippen LogP contribution in [0.4, 0.5) is 5.82 Å². The Bertz CT molecular complexity index is 1190. The second kappa shape index (κ2) is 7.14. The van der Waals surface area contributed by atoms with Crippen LogP contribution in [0.25, 0.3) is 22.5 Å². The van der Waals surface area contributed by atoms with E-state index in [-0.39, 0.29) is 5.91 Å². The van der Waals surface area contributed by atoms with Crippen LogP contribution in [0.5, 0.6) is 0 Å². The molecule has 7 heteroatoms. The first-order chi connectivity index (χ1) is 14.2. The number of rotatable bonds is 4. The molecule has 1 aliphatic rings. The molecule has 1 N–H and O–H groups in total. The van der Waals surface area contributed by atoms with Gasteiger partial charge in [0.1, 0.15) is 17.7 Å². The molecule has 0 radical (unpaired) electrons. The summed E-state index contributed by atoms with van der Waals surface area (Å²) >= 11 is 6.16. The zero-order valence-electron chi connectivity index (χ0n) is 15.2. The number of halogens is 1. The lowest BCUT2D eigenvalue weighted by Gasteiger charge is -2.07. The number of furan rings is 1.